The first kappa shape index (κ1) is 22.4. The zero-order chi connectivity index (χ0) is 22.1. The van der Waals surface area contributed by atoms with Gasteiger partial charge < -0.3 is 15.4 Å². The summed E-state index contributed by atoms with van der Waals surface area (Å²) >= 11 is 13.7. The molecule has 1 heterocycles. The molecule has 8 heteroatoms. The van der Waals surface area contributed by atoms with Gasteiger partial charge in [-0.05, 0) is 57.5 Å². The van der Waals surface area contributed by atoms with Crippen LogP contribution in [0.4, 0.5) is 5.69 Å². The Morgan fingerprint density at radius 2 is 1.87 bits per heavy atom. The van der Waals surface area contributed by atoms with Crippen LogP contribution < -0.4 is 15.4 Å². The van der Waals surface area contributed by atoms with Gasteiger partial charge in [-0.2, -0.15) is 0 Å². The van der Waals surface area contributed by atoms with Crippen LogP contribution in [0.1, 0.15) is 36.0 Å². The third-order valence-corrected chi connectivity index (χ3v) is 6.29. The monoisotopic (exact) mass is 464 g/mol. The molecule has 0 bridgehead atoms. The number of carbonyl (C=O) groups is 2. The highest BCUT2D eigenvalue weighted by Gasteiger charge is 2.22. The number of thiophene rings is 1. The molecule has 0 fully saturated rings. The average molecular weight is 465 g/mol. The minimum atomic E-state index is -0.384. The third kappa shape index (κ3) is 5.25. The Balaban J connectivity index is 1.77. The van der Waals surface area contributed by atoms with Crippen molar-refractivity contribution in [3.8, 4) is 5.75 Å². The highest BCUT2D eigenvalue weighted by molar-refractivity contribution is 7.22. The predicted molar refractivity (Wildman–Crippen MR) is 124 cm³/mol. The molecule has 0 spiro atoms. The number of hydrogen-bond donors (Lipinski definition) is 2. The van der Waals surface area contributed by atoms with Crippen molar-refractivity contribution in [3.05, 3.63) is 56.9 Å². The van der Waals surface area contributed by atoms with E-state index in [4.69, 9.17) is 27.9 Å². The Hall–Kier alpha value is -2.28. The number of rotatable bonds is 5. The molecule has 3 rings (SSSR count). The molecule has 0 radical (unpaired) electrons. The number of nitrogens with one attached hydrogen (secondary N) is 2. The topological polar surface area (TPSA) is 67.4 Å². The van der Waals surface area contributed by atoms with Gasteiger partial charge in [0.15, 0.2) is 6.61 Å². The molecule has 2 aromatic carbocycles. The summed E-state index contributed by atoms with van der Waals surface area (Å²) < 4.78 is 6.29. The molecule has 0 atom stereocenters. The summed E-state index contributed by atoms with van der Waals surface area (Å²) in [5.74, 6) is -0.00157. The summed E-state index contributed by atoms with van der Waals surface area (Å²) in [5.41, 5.74) is 1.06. The number of benzene rings is 2. The van der Waals surface area contributed by atoms with Crippen LogP contribution in [-0.2, 0) is 4.79 Å². The van der Waals surface area contributed by atoms with Crippen molar-refractivity contribution in [1.82, 2.24) is 5.32 Å². The van der Waals surface area contributed by atoms with Gasteiger partial charge >= 0.3 is 0 Å². The van der Waals surface area contributed by atoms with E-state index < -0.39 is 0 Å². The molecule has 0 aliphatic carbocycles. The summed E-state index contributed by atoms with van der Waals surface area (Å²) in [4.78, 5) is 25.4. The minimum absolute atomic E-state index is 0.159. The Kier molecular flexibility index (Phi) is 6.60. The van der Waals surface area contributed by atoms with E-state index in [1.54, 1.807) is 30.3 Å². The van der Waals surface area contributed by atoms with Gasteiger partial charge in [0.2, 0.25) is 0 Å². The molecule has 0 saturated carbocycles. The van der Waals surface area contributed by atoms with Crippen LogP contribution in [-0.4, -0.2) is 24.0 Å². The van der Waals surface area contributed by atoms with Gasteiger partial charge in [-0.1, -0.05) is 35.3 Å². The number of halogens is 2. The van der Waals surface area contributed by atoms with Crippen LogP contribution in [0.15, 0.2) is 36.4 Å². The number of carbonyl (C=O) groups excluding carboxylic acids is 2. The Bertz CT molecular complexity index is 1120. The van der Waals surface area contributed by atoms with Crippen LogP contribution in [0.3, 0.4) is 0 Å². The molecule has 3 aromatic rings. The molecule has 0 aliphatic heterocycles. The Morgan fingerprint density at radius 3 is 2.53 bits per heavy atom. The lowest BCUT2D eigenvalue weighted by molar-refractivity contribution is -0.118. The fraction of sp³-hybridized carbons (Fsp3) is 0.273. The Labute approximate surface area is 189 Å². The van der Waals surface area contributed by atoms with Gasteiger partial charge in [0.1, 0.15) is 10.6 Å². The normalized spacial score (nSPS) is 11.4. The molecule has 5 nitrogen and oxygen atoms in total. The van der Waals surface area contributed by atoms with E-state index in [0.717, 1.165) is 10.3 Å². The predicted octanol–water partition coefficient (Wildman–Crippen LogP) is 6.06. The molecule has 158 valence electrons. The van der Waals surface area contributed by atoms with Crippen molar-refractivity contribution < 1.29 is 14.3 Å². The second-order valence-corrected chi connectivity index (χ2v) is 9.69. The highest BCUT2D eigenvalue weighted by atomic mass is 35.5. The van der Waals surface area contributed by atoms with Crippen molar-refractivity contribution in [3.63, 3.8) is 0 Å². The molecular formula is C22H22Cl2N2O3S. The third-order valence-electron chi connectivity index (χ3n) is 4.12. The van der Waals surface area contributed by atoms with Gasteiger partial charge in [-0.25, -0.2) is 0 Å². The lowest BCUT2D eigenvalue weighted by atomic mass is 10.1. The summed E-state index contributed by atoms with van der Waals surface area (Å²) in [6, 6.07) is 10.6. The minimum Gasteiger partial charge on any atom is -0.484 e. The molecular weight excluding hydrogens is 443 g/mol. The molecule has 2 N–H and O–H groups in total. The van der Waals surface area contributed by atoms with Gasteiger partial charge in [0.05, 0.1) is 15.4 Å². The SMILES string of the molecule is Cc1cc(OCC(=O)Nc2cccc3c(Cl)c(C(=O)NC(C)(C)C)sc23)ccc1Cl. The van der Waals surface area contributed by atoms with E-state index in [9.17, 15) is 9.59 Å². The largest absolute Gasteiger partial charge is 0.484 e. The van der Waals surface area contributed by atoms with E-state index in [1.165, 1.54) is 11.3 Å². The summed E-state index contributed by atoms with van der Waals surface area (Å²) in [5, 5.41) is 7.48. The molecule has 2 amide bonds. The number of aryl methyl sites for hydroxylation is 1. The molecule has 0 unspecified atom stereocenters. The van der Waals surface area contributed by atoms with Crippen LogP contribution in [0.25, 0.3) is 10.1 Å². The van der Waals surface area contributed by atoms with Crippen molar-refractivity contribution in [2.75, 3.05) is 11.9 Å². The maximum atomic E-state index is 12.6. The number of ether oxygens (including phenoxy) is 1. The lowest BCUT2D eigenvalue weighted by Crippen LogP contribution is -2.40. The first-order chi connectivity index (χ1) is 14.0. The fourth-order valence-corrected chi connectivity index (χ4v) is 4.36. The first-order valence-electron chi connectivity index (χ1n) is 9.27. The Morgan fingerprint density at radius 1 is 1.13 bits per heavy atom. The zero-order valence-corrected chi connectivity index (χ0v) is 19.4. The van der Waals surface area contributed by atoms with Crippen LogP contribution in [0.2, 0.25) is 10.0 Å². The number of hydrogen-bond acceptors (Lipinski definition) is 4. The van der Waals surface area contributed by atoms with E-state index in [0.29, 0.717) is 31.7 Å². The zero-order valence-electron chi connectivity index (χ0n) is 17.1. The van der Waals surface area contributed by atoms with Gasteiger partial charge in [-0.15, -0.1) is 11.3 Å². The summed E-state index contributed by atoms with van der Waals surface area (Å²) in [7, 11) is 0. The smallest absolute Gasteiger partial charge is 0.263 e. The van der Waals surface area contributed by atoms with Gasteiger partial charge in [0, 0.05) is 15.9 Å². The highest BCUT2D eigenvalue weighted by Crippen LogP contribution is 2.39. The van der Waals surface area contributed by atoms with E-state index >= 15 is 0 Å². The van der Waals surface area contributed by atoms with Crippen molar-refractivity contribution in [2.24, 2.45) is 0 Å². The quantitative estimate of drug-likeness (QED) is 0.481. The van der Waals surface area contributed by atoms with Gasteiger partial charge in [-0.3, -0.25) is 9.59 Å². The molecule has 1 aromatic heterocycles. The number of anilines is 1. The molecule has 0 saturated heterocycles. The maximum absolute atomic E-state index is 12.6. The second kappa shape index (κ2) is 8.84. The van der Waals surface area contributed by atoms with Gasteiger partial charge in [0.25, 0.3) is 11.8 Å². The standard InChI is InChI=1S/C22H22Cl2N2O3S/c1-12-10-13(8-9-15(12)23)29-11-17(27)25-16-7-5-6-14-18(24)20(30-19(14)16)21(28)26-22(2,3)4/h5-10H,11H2,1-4H3,(H,25,27)(H,26,28). The van der Waals surface area contributed by atoms with Crippen LogP contribution in [0, 0.1) is 6.92 Å². The summed E-state index contributed by atoms with van der Waals surface area (Å²) in [6.45, 7) is 7.41. The fourth-order valence-electron chi connectivity index (χ4n) is 2.77. The number of amides is 2. The average Bonchev–Trinajstić information content (AvgIpc) is 2.99. The van der Waals surface area contributed by atoms with E-state index in [2.05, 4.69) is 10.6 Å². The molecule has 0 aliphatic rings. The first-order valence-corrected chi connectivity index (χ1v) is 10.8. The summed E-state index contributed by atoms with van der Waals surface area (Å²) in [6.07, 6.45) is 0. The molecule has 30 heavy (non-hydrogen) atoms. The second-order valence-electron chi connectivity index (χ2n) is 7.88. The number of fused-ring (bicyclic) bond motifs is 1. The maximum Gasteiger partial charge on any atom is 0.263 e. The van der Waals surface area contributed by atoms with Crippen molar-refractivity contribution in [1.29, 1.82) is 0 Å². The van der Waals surface area contributed by atoms with Crippen molar-refractivity contribution in [2.45, 2.75) is 33.2 Å². The van der Waals surface area contributed by atoms with E-state index in [-0.39, 0.29) is 24.0 Å². The van der Waals surface area contributed by atoms with Crippen LogP contribution in [0.5, 0.6) is 5.75 Å². The van der Waals surface area contributed by atoms with Crippen molar-refractivity contribution >= 4 is 62.1 Å². The lowest BCUT2D eigenvalue weighted by Gasteiger charge is -2.19. The van der Waals surface area contributed by atoms with Crippen LogP contribution >= 0.6 is 34.5 Å². The van der Waals surface area contributed by atoms with E-state index in [1.807, 2.05) is 33.8 Å².